The quantitative estimate of drug-likeness (QED) is 0.154. The Bertz CT molecular complexity index is 2110. The first kappa shape index (κ1) is 39.4. The zero-order valence-corrected chi connectivity index (χ0v) is 34.0. The van der Waals surface area contributed by atoms with E-state index in [0.29, 0.717) is 69.6 Å². The van der Waals surface area contributed by atoms with E-state index in [1.165, 1.54) is 17.7 Å². The van der Waals surface area contributed by atoms with E-state index in [-0.39, 0.29) is 17.9 Å². The Morgan fingerprint density at radius 2 is 1.66 bits per heavy atom. The minimum Gasteiger partial charge on any atom is -0.497 e. The molecule has 56 heavy (non-hydrogen) atoms. The van der Waals surface area contributed by atoms with Gasteiger partial charge in [0.25, 0.3) is 11.8 Å². The average Bonchev–Trinajstić information content (AvgIpc) is 3.71. The number of carbonyl (C=O) groups excluding carboxylic acids is 3. The number of allylic oxidation sites excluding steroid dienone is 1. The molecule has 7 rings (SSSR count). The number of carbonyl (C=O) groups is 3. The molecule has 0 unspecified atom stereocenters. The molecule has 0 bridgehead atoms. The van der Waals surface area contributed by atoms with Crippen LogP contribution in [0, 0.1) is 0 Å². The molecule has 2 aromatic carbocycles. The van der Waals surface area contributed by atoms with Crippen LogP contribution >= 0.6 is 12.1 Å². The highest BCUT2D eigenvalue weighted by atomic mass is 32.2. The lowest BCUT2D eigenvalue weighted by atomic mass is 9.86. The van der Waals surface area contributed by atoms with E-state index in [4.69, 9.17) is 14.2 Å². The third-order valence-corrected chi connectivity index (χ3v) is 11.9. The van der Waals surface area contributed by atoms with Crippen LogP contribution in [-0.2, 0) is 23.1 Å². The van der Waals surface area contributed by atoms with Crippen LogP contribution in [0.15, 0.2) is 42.6 Å². The van der Waals surface area contributed by atoms with E-state index in [0.717, 1.165) is 83.5 Å². The van der Waals surface area contributed by atoms with Crippen LogP contribution in [0.3, 0.4) is 0 Å². The van der Waals surface area contributed by atoms with Crippen molar-refractivity contribution < 1.29 is 28.6 Å². The summed E-state index contributed by atoms with van der Waals surface area (Å²) >= 11 is 1.33. The van der Waals surface area contributed by atoms with Crippen LogP contribution in [0.1, 0.15) is 89.9 Å². The summed E-state index contributed by atoms with van der Waals surface area (Å²) in [7, 11) is 3.55. The molecule has 0 atom stereocenters. The van der Waals surface area contributed by atoms with Crippen LogP contribution in [-0.4, -0.2) is 113 Å². The third-order valence-electron chi connectivity index (χ3n) is 11.0. The highest BCUT2D eigenvalue weighted by Gasteiger charge is 2.33. The first-order valence-corrected chi connectivity index (χ1v) is 20.6. The monoisotopic (exact) mass is 783 g/mol. The number of morpholine rings is 1. The van der Waals surface area contributed by atoms with Crippen LogP contribution < -0.4 is 9.46 Å². The summed E-state index contributed by atoms with van der Waals surface area (Å²) in [5.74, 6) is 0.755. The number of methoxy groups -OCH3 is 1. The number of nitrogens with zero attached hydrogens (tertiary/aromatic N) is 6. The molecule has 0 aliphatic carbocycles. The minimum atomic E-state index is -0.356. The average molecular weight is 784 g/mol. The number of benzene rings is 2. The van der Waals surface area contributed by atoms with Gasteiger partial charge in [-0.2, -0.15) is 5.10 Å². The van der Waals surface area contributed by atoms with Gasteiger partial charge in [0, 0.05) is 80.5 Å². The van der Waals surface area contributed by atoms with Gasteiger partial charge in [-0.3, -0.25) is 19.0 Å². The van der Waals surface area contributed by atoms with Gasteiger partial charge >= 0.3 is 6.09 Å². The largest absolute Gasteiger partial charge is 0.497 e. The Labute approximate surface area is 333 Å². The van der Waals surface area contributed by atoms with E-state index < -0.39 is 0 Å². The second-order valence-corrected chi connectivity index (χ2v) is 15.5. The van der Waals surface area contributed by atoms with Crippen LogP contribution in [0.2, 0.25) is 0 Å². The second kappa shape index (κ2) is 17.6. The van der Waals surface area contributed by atoms with Crippen LogP contribution in [0.25, 0.3) is 33.8 Å². The van der Waals surface area contributed by atoms with E-state index in [1.807, 2.05) is 25.2 Å². The summed E-state index contributed by atoms with van der Waals surface area (Å²) in [6.45, 7) is 11.4. The zero-order valence-electron chi connectivity index (χ0n) is 33.1. The maximum Gasteiger partial charge on any atom is 0.409 e. The molecule has 14 heteroatoms. The number of aryl methyl sites for hydroxylation is 1. The zero-order chi connectivity index (χ0) is 39.3. The van der Waals surface area contributed by atoms with Gasteiger partial charge in [0.1, 0.15) is 5.75 Å². The predicted molar refractivity (Wildman–Crippen MR) is 220 cm³/mol. The molecule has 2 aromatic heterocycles. The molecule has 2 fully saturated rings. The third kappa shape index (κ3) is 7.91. The van der Waals surface area contributed by atoms with Crippen molar-refractivity contribution >= 4 is 52.6 Å². The summed E-state index contributed by atoms with van der Waals surface area (Å²) in [4.78, 5) is 43.9. The molecule has 0 radical (unpaired) electrons. The fourth-order valence-corrected chi connectivity index (χ4v) is 8.98. The second-order valence-electron chi connectivity index (χ2n) is 14.5. The van der Waals surface area contributed by atoms with Crippen molar-refractivity contribution in [2.75, 3.05) is 66.2 Å². The molecule has 5 heterocycles. The number of fused-ring (bicyclic) bond motifs is 5. The van der Waals surface area contributed by atoms with Crippen molar-refractivity contribution in [1.29, 1.82) is 0 Å². The van der Waals surface area contributed by atoms with Crippen molar-refractivity contribution in [1.82, 2.24) is 33.2 Å². The number of aromatic nitrogens is 3. The van der Waals surface area contributed by atoms with Crippen molar-refractivity contribution in [3.63, 3.8) is 0 Å². The Hall–Kier alpha value is -4.79. The van der Waals surface area contributed by atoms with Gasteiger partial charge in [0.15, 0.2) is 0 Å². The first-order valence-electron chi connectivity index (χ1n) is 19.8. The number of amides is 3. The first-order chi connectivity index (χ1) is 27.3. The molecule has 2 saturated heterocycles. The fraction of sp³-hybridized carbons (Fsp3) is 0.476. The van der Waals surface area contributed by atoms with Crippen molar-refractivity contribution in [3.05, 3.63) is 70.5 Å². The standard InChI is InChI=1S/C42H53N7O6S/c1-6-9-28(10-7-2)37-34-13-11-29(40(50)44-56-48-19-21-54-22-20-48)25-36(34)49-27-31(23-30-24-32(53-5)12-14-33(30)39(37)49)38-35(26-43-45(38)4)41(51)46-15-17-47(18-16-46)42(52)55-8-3/h11-14,23-26,28H,6-10,15-22,27H2,1-5H3,(H,44,50). The Kier molecular flexibility index (Phi) is 12.4. The maximum absolute atomic E-state index is 14.3. The van der Waals surface area contributed by atoms with Crippen molar-refractivity contribution in [2.45, 2.75) is 58.9 Å². The normalized spacial score (nSPS) is 16.0. The van der Waals surface area contributed by atoms with Crippen molar-refractivity contribution in [2.24, 2.45) is 7.05 Å². The Morgan fingerprint density at radius 3 is 2.36 bits per heavy atom. The van der Waals surface area contributed by atoms with Gasteiger partial charge in [-0.05, 0) is 78.8 Å². The molecular weight excluding hydrogens is 731 g/mol. The number of hydrogen-bond donors (Lipinski definition) is 1. The summed E-state index contributed by atoms with van der Waals surface area (Å²) in [5, 5.41) is 5.77. The Balaban J connectivity index is 1.33. The topological polar surface area (TPSA) is 123 Å². The van der Waals surface area contributed by atoms with E-state index in [1.54, 1.807) is 34.7 Å². The van der Waals surface area contributed by atoms with Gasteiger partial charge in [0.05, 0.1) is 56.6 Å². The molecule has 3 aliphatic heterocycles. The molecule has 4 aromatic rings. The molecule has 13 nitrogen and oxygen atoms in total. The van der Waals surface area contributed by atoms with Crippen LogP contribution in [0.4, 0.5) is 4.79 Å². The molecule has 3 aliphatic rings. The molecule has 298 valence electrons. The SMILES string of the molecule is CCCC(CCC)c1c2n(c3cc(C(=O)NSN4CCOCC4)ccc13)CC(c1c(C(=O)N3CCN(C(=O)OCC)CC3)cnn1C)=Cc1cc(OC)ccc1-2. The maximum atomic E-state index is 14.3. The highest BCUT2D eigenvalue weighted by Crippen LogP contribution is 2.47. The summed E-state index contributed by atoms with van der Waals surface area (Å²) in [5.41, 5.74) is 8.16. The van der Waals surface area contributed by atoms with Gasteiger partial charge < -0.3 is 28.6 Å². The lowest BCUT2D eigenvalue weighted by molar-refractivity contribution is 0.0570. The number of ether oxygens (including phenoxy) is 3. The predicted octanol–water partition coefficient (Wildman–Crippen LogP) is 6.83. The number of nitrogens with one attached hydrogen (secondary N) is 1. The van der Waals surface area contributed by atoms with E-state index in [2.05, 4.69) is 56.8 Å². The van der Waals surface area contributed by atoms with Gasteiger partial charge in [-0.15, -0.1) is 0 Å². The Morgan fingerprint density at radius 1 is 0.929 bits per heavy atom. The summed E-state index contributed by atoms with van der Waals surface area (Å²) in [6.07, 6.45) is 7.62. The van der Waals surface area contributed by atoms with Gasteiger partial charge in [-0.1, -0.05) is 32.8 Å². The number of rotatable bonds is 12. The minimum absolute atomic E-state index is 0.131. The van der Waals surface area contributed by atoms with E-state index in [9.17, 15) is 14.4 Å². The molecule has 3 amide bonds. The highest BCUT2D eigenvalue weighted by molar-refractivity contribution is 7.95. The molecule has 0 saturated carbocycles. The van der Waals surface area contributed by atoms with E-state index >= 15 is 0 Å². The molecule has 0 spiro atoms. The molecule has 1 N–H and O–H groups in total. The lowest BCUT2D eigenvalue weighted by Gasteiger charge is -2.34. The van der Waals surface area contributed by atoms with Crippen molar-refractivity contribution in [3.8, 4) is 17.0 Å². The number of hydrogen-bond acceptors (Lipinski definition) is 9. The summed E-state index contributed by atoms with van der Waals surface area (Å²) in [6, 6.07) is 12.3. The van der Waals surface area contributed by atoms with Gasteiger partial charge in [0.2, 0.25) is 0 Å². The van der Waals surface area contributed by atoms with Crippen LogP contribution in [0.5, 0.6) is 5.75 Å². The number of piperazine rings is 1. The summed E-state index contributed by atoms with van der Waals surface area (Å²) < 4.78 is 25.7. The smallest absolute Gasteiger partial charge is 0.409 e. The fourth-order valence-electron chi connectivity index (χ4n) is 8.32. The lowest BCUT2D eigenvalue weighted by Crippen LogP contribution is -2.50. The molecular formula is C42H53N7O6S. The van der Waals surface area contributed by atoms with Gasteiger partial charge in [-0.25, -0.2) is 9.10 Å².